The number of primary amides is 1. The van der Waals surface area contributed by atoms with Gasteiger partial charge in [0.2, 0.25) is 0 Å². The van der Waals surface area contributed by atoms with Crippen molar-refractivity contribution >= 4 is 17.7 Å². The summed E-state index contributed by atoms with van der Waals surface area (Å²) < 4.78 is 8.34. The topological polar surface area (TPSA) is 105 Å². The molecule has 0 unspecified atom stereocenters. The number of carbonyl (C=O) groups excluding carboxylic acids is 1. The normalized spacial score (nSPS) is 9.75. The van der Waals surface area contributed by atoms with Gasteiger partial charge in [0.15, 0.2) is 0 Å². The molecule has 0 atom stereocenters. The van der Waals surface area contributed by atoms with Gasteiger partial charge in [0.1, 0.15) is 0 Å². The van der Waals surface area contributed by atoms with Gasteiger partial charge in [0, 0.05) is 5.16 Å². The predicted octanol–water partition coefficient (Wildman–Crippen LogP) is -0.496. The van der Waals surface area contributed by atoms with E-state index in [-0.39, 0.29) is 16.5 Å². The van der Waals surface area contributed by atoms with Crippen LogP contribution in [0.15, 0.2) is 4.63 Å². The molecule has 0 aliphatic heterocycles. The molecule has 2 N–H and O–H groups in total. The lowest BCUT2D eigenvalue weighted by Gasteiger charge is -1.94. The number of nitrogens with two attached hydrogens (primary N) is 1. The number of halogens is 1. The molecule has 1 rings (SSSR count). The van der Waals surface area contributed by atoms with Gasteiger partial charge in [-0.05, 0) is 4.90 Å². The minimum Gasteiger partial charge on any atom is -0.367 e. The van der Waals surface area contributed by atoms with E-state index in [0.29, 0.717) is 0 Å². The second-order valence-electron chi connectivity index (χ2n) is 1.74. The molecule has 1 heterocycles. The number of amides is 1. The zero-order valence-electron chi connectivity index (χ0n) is 5.69. The monoisotopic (exact) mass is 193 g/mol. The third-order valence-electron chi connectivity index (χ3n) is 0.962. The number of alkyl halides is 1. The molecule has 1 aromatic rings. The maximum atomic E-state index is 10.6. The van der Waals surface area contributed by atoms with E-state index in [1.54, 1.807) is 0 Å². The summed E-state index contributed by atoms with van der Waals surface area (Å²) >= 11 is 5.32. The lowest BCUT2D eigenvalue weighted by Crippen LogP contribution is -2.29. The van der Waals surface area contributed by atoms with Crippen LogP contribution in [0.25, 0.3) is 0 Å². The lowest BCUT2D eigenvalue weighted by atomic mass is 10.5. The maximum absolute atomic E-state index is 10.6. The number of aromatic nitrogens is 2. The van der Waals surface area contributed by atoms with Gasteiger partial charge in [0.25, 0.3) is 5.69 Å². The highest BCUT2D eigenvalue weighted by Crippen LogP contribution is 2.12. The molecule has 1 aromatic heterocycles. The number of ether oxygens (including phenoxy) is 1. The van der Waals surface area contributed by atoms with Gasteiger partial charge in [0.05, 0.1) is 5.88 Å². The molecule has 0 saturated heterocycles. The zero-order valence-corrected chi connectivity index (χ0v) is 6.45. The van der Waals surface area contributed by atoms with E-state index in [0.717, 1.165) is 0 Å². The van der Waals surface area contributed by atoms with Crippen LogP contribution in [0.1, 0.15) is 5.69 Å². The first-order valence-corrected chi connectivity index (χ1v) is 3.30. The van der Waals surface area contributed by atoms with Crippen LogP contribution in [0.2, 0.25) is 0 Å². The molecule has 1 amide bonds. The third kappa shape index (κ3) is 1.56. The van der Waals surface area contributed by atoms with E-state index in [1.807, 2.05) is 0 Å². The van der Waals surface area contributed by atoms with Gasteiger partial charge < -0.3 is 15.7 Å². The molecule has 8 heteroatoms. The van der Waals surface area contributed by atoms with Crippen LogP contribution in [-0.4, -0.2) is 11.2 Å². The number of rotatable bonds is 2. The Morgan fingerprint density at radius 3 is 3.08 bits per heavy atom. The summed E-state index contributed by atoms with van der Waals surface area (Å²) in [6.45, 7) is 0. The summed E-state index contributed by atoms with van der Waals surface area (Å²) in [6, 6.07) is 0. The largest absolute Gasteiger partial charge is 0.412 e. The molecule has 0 fully saturated rings. The van der Waals surface area contributed by atoms with Gasteiger partial charge in [-0.25, -0.2) is 4.79 Å². The van der Waals surface area contributed by atoms with Gasteiger partial charge >= 0.3 is 12.0 Å². The SMILES string of the molecule is NC(=O)Oc1c(CCl)no[n+]1[O-]. The molecule has 7 nitrogen and oxygen atoms in total. The van der Waals surface area contributed by atoms with Crippen LogP contribution in [0, 0.1) is 5.21 Å². The molecule has 0 spiro atoms. The molecular formula is C4H4ClN3O4. The van der Waals surface area contributed by atoms with Crippen LogP contribution >= 0.6 is 11.6 Å². The minimum atomic E-state index is -1.13. The molecule has 0 saturated carbocycles. The highest BCUT2D eigenvalue weighted by molar-refractivity contribution is 6.17. The molecule has 0 aliphatic carbocycles. The van der Waals surface area contributed by atoms with E-state index in [9.17, 15) is 10.0 Å². The Labute approximate surface area is 71.2 Å². The highest BCUT2D eigenvalue weighted by atomic mass is 35.5. The number of hydrogen-bond donors (Lipinski definition) is 1. The minimum absolute atomic E-state index is 0.0190. The predicted molar refractivity (Wildman–Crippen MR) is 35.2 cm³/mol. The standard InChI is InChI=1S/C4H4ClN3O4/c5-1-2-3(11-4(6)9)8(10)12-7-2/h1H2,(H2,6,9). The number of carbonyl (C=O) groups is 1. The fraction of sp³-hybridized carbons (Fsp3) is 0.250. The fourth-order valence-electron chi connectivity index (χ4n) is 0.541. The Bertz CT molecular complexity index is 298. The van der Waals surface area contributed by atoms with Crippen molar-refractivity contribution in [3.63, 3.8) is 0 Å². The van der Waals surface area contributed by atoms with Crippen molar-refractivity contribution in [2.45, 2.75) is 5.88 Å². The van der Waals surface area contributed by atoms with Crippen molar-refractivity contribution in [1.29, 1.82) is 0 Å². The Hall–Kier alpha value is -1.50. The first kappa shape index (κ1) is 8.60. The summed E-state index contributed by atoms with van der Waals surface area (Å²) in [5.41, 5.74) is 4.67. The third-order valence-corrected chi connectivity index (χ3v) is 1.21. The van der Waals surface area contributed by atoms with Crippen LogP contribution in [0.4, 0.5) is 4.79 Å². The van der Waals surface area contributed by atoms with E-state index in [4.69, 9.17) is 11.6 Å². The van der Waals surface area contributed by atoms with Crippen molar-refractivity contribution in [1.82, 2.24) is 5.16 Å². The van der Waals surface area contributed by atoms with E-state index >= 15 is 0 Å². The molecule has 12 heavy (non-hydrogen) atoms. The highest BCUT2D eigenvalue weighted by Gasteiger charge is 2.21. The summed E-state index contributed by atoms with van der Waals surface area (Å²) in [6.07, 6.45) is -1.13. The van der Waals surface area contributed by atoms with Gasteiger partial charge in [-0.3, -0.25) is 4.63 Å². The van der Waals surface area contributed by atoms with Crippen LogP contribution in [0.5, 0.6) is 5.88 Å². The van der Waals surface area contributed by atoms with E-state index < -0.39 is 12.0 Å². The summed E-state index contributed by atoms with van der Waals surface area (Å²) in [4.78, 5) is 10.1. The van der Waals surface area contributed by atoms with Crippen molar-refractivity contribution in [3.05, 3.63) is 10.9 Å². The Morgan fingerprint density at radius 1 is 1.92 bits per heavy atom. The Morgan fingerprint density at radius 2 is 2.58 bits per heavy atom. The molecule has 0 radical (unpaired) electrons. The van der Waals surface area contributed by atoms with Crippen LogP contribution < -0.4 is 15.4 Å². The second-order valence-corrected chi connectivity index (χ2v) is 2.00. The second kappa shape index (κ2) is 3.26. The average Bonchev–Trinajstić information content (AvgIpc) is 2.32. The molecule has 0 aromatic carbocycles. The van der Waals surface area contributed by atoms with Gasteiger partial charge in [-0.15, -0.1) is 11.6 Å². The molecular weight excluding hydrogens is 190 g/mol. The number of hydrogen-bond acceptors (Lipinski definition) is 5. The van der Waals surface area contributed by atoms with Crippen molar-refractivity contribution in [2.24, 2.45) is 5.73 Å². The van der Waals surface area contributed by atoms with E-state index in [1.165, 1.54) is 0 Å². The van der Waals surface area contributed by atoms with Crippen LogP contribution in [0.3, 0.4) is 0 Å². The smallest absolute Gasteiger partial charge is 0.367 e. The molecule has 66 valence electrons. The first-order valence-electron chi connectivity index (χ1n) is 2.77. The molecule has 0 bridgehead atoms. The zero-order chi connectivity index (χ0) is 9.14. The van der Waals surface area contributed by atoms with Gasteiger partial charge in [-0.2, -0.15) is 0 Å². The number of nitrogens with zero attached hydrogens (tertiary/aromatic N) is 2. The Balaban J connectivity index is 2.94. The summed E-state index contributed by atoms with van der Waals surface area (Å²) in [5.74, 6) is -0.543. The summed E-state index contributed by atoms with van der Waals surface area (Å²) in [5, 5.41) is 13.8. The Kier molecular flexibility index (Phi) is 2.34. The molecule has 0 aliphatic rings. The maximum Gasteiger partial charge on any atom is 0.412 e. The average molecular weight is 194 g/mol. The first-order chi connectivity index (χ1) is 5.65. The van der Waals surface area contributed by atoms with Gasteiger partial charge in [-0.1, -0.05) is 0 Å². The quantitative estimate of drug-likeness (QED) is 0.504. The summed E-state index contributed by atoms with van der Waals surface area (Å²) in [7, 11) is 0. The van der Waals surface area contributed by atoms with Crippen molar-refractivity contribution in [2.75, 3.05) is 0 Å². The fourth-order valence-corrected chi connectivity index (χ4v) is 0.704. The van der Waals surface area contributed by atoms with Crippen LogP contribution in [-0.2, 0) is 5.88 Å². The van der Waals surface area contributed by atoms with Crippen molar-refractivity contribution in [3.8, 4) is 5.88 Å². The lowest BCUT2D eigenvalue weighted by molar-refractivity contribution is -0.804. The van der Waals surface area contributed by atoms with E-state index in [2.05, 4.69) is 20.3 Å². The van der Waals surface area contributed by atoms with Crippen molar-refractivity contribution < 1.29 is 19.1 Å².